The van der Waals surface area contributed by atoms with Crippen LogP contribution in [0.5, 0.6) is 5.75 Å². The van der Waals surface area contributed by atoms with Crippen LogP contribution in [0.1, 0.15) is 35.7 Å². The molecule has 2 heterocycles. The summed E-state index contributed by atoms with van der Waals surface area (Å²) >= 11 is 0. The van der Waals surface area contributed by atoms with Crippen LogP contribution in [0.3, 0.4) is 0 Å². The zero-order chi connectivity index (χ0) is 22.1. The fourth-order valence-corrected chi connectivity index (χ4v) is 3.25. The van der Waals surface area contributed by atoms with Gasteiger partial charge in [-0.05, 0) is 42.8 Å². The number of piperazine rings is 1. The van der Waals surface area contributed by atoms with Crippen molar-refractivity contribution < 1.29 is 14.3 Å². The molecule has 0 bridgehead atoms. The second kappa shape index (κ2) is 11.0. The SMILES string of the molecule is CCCCOc1ccc(C(=O)NCC(=O)N2CCN(c3cc(C#N)ccn3)CC2)cc1. The number of amides is 2. The third-order valence-electron chi connectivity index (χ3n) is 5.11. The Morgan fingerprint density at radius 1 is 1.16 bits per heavy atom. The summed E-state index contributed by atoms with van der Waals surface area (Å²) in [5.41, 5.74) is 1.05. The van der Waals surface area contributed by atoms with Crippen LogP contribution in [-0.4, -0.2) is 61.0 Å². The van der Waals surface area contributed by atoms with Gasteiger partial charge in [0.1, 0.15) is 11.6 Å². The van der Waals surface area contributed by atoms with Crippen molar-refractivity contribution in [3.63, 3.8) is 0 Å². The first-order valence-corrected chi connectivity index (χ1v) is 10.5. The van der Waals surface area contributed by atoms with Gasteiger partial charge in [0.2, 0.25) is 5.91 Å². The van der Waals surface area contributed by atoms with Gasteiger partial charge in [-0.2, -0.15) is 5.26 Å². The number of anilines is 1. The molecule has 1 N–H and O–H groups in total. The number of hydrogen-bond acceptors (Lipinski definition) is 6. The number of ether oxygens (including phenoxy) is 1. The quantitative estimate of drug-likeness (QED) is 0.656. The largest absolute Gasteiger partial charge is 0.494 e. The molecule has 0 saturated carbocycles. The van der Waals surface area contributed by atoms with Crippen molar-refractivity contribution in [3.05, 3.63) is 53.7 Å². The van der Waals surface area contributed by atoms with Crippen LogP contribution in [0, 0.1) is 11.3 Å². The van der Waals surface area contributed by atoms with Gasteiger partial charge in [-0.15, -0.1) is 0 Å². The van der Waals surface area contributed by atoms with E-state index >= 15 is 0 Å². The molecular formula is C23H27N5O3. The van der Waals surface area contributed by atoms with E-state index < -0.39 is 0 Å². The number of carbonyl (C=O) groups excluding carboxylic acids is 2. The number of aromatic nitrogens is 1. The Labute approximate surface area is 182 Å². The monoisotopic (exact) mass is 421 g/mol. The number of unbranched alkanes of at least 4 members (excludes halogenated alkanes) is 1. The van der Waals surface area contributed by atoms with E-state index in [1.54, 1.807) is 47.5 Å². The molecule has 0 radical (unpaired) electrons. The fraction of sp³-hybridized carbons (Fsp3) is 0.391. The lowest BCUT2D eigenvalue weighted by Gasteiger charge is -2.35. The van der Waals surface area contributed by atoms with Crippen molar-refractivity contribution in [1.29, 1.82) is 5.26 Å². The Morgan fingerprint density at radius 3 is 2.58 bits per heavy atom. The summed E-state index contributed by atoms with van der Waals surface area (Å²) in [7, 11) is 0. The Morgan fingerprint density at radius 2 is 1.90 bits per heavy atom. The predicted octanol–water partition coefficient (Wildman–Crippen LogP) is 2.21. The Hall–Kier alpha value is -3.60. The molecule has 3 rings (SSSR count). The minimum atomic E-state index is -0.287. The van der Waals surface area contributed by atoms with Crippen LogP contribution in [0.25, 0.3) is 0 Å². The first-order chi connectivity index (χ1) is 15.1. The average molecular weight is 422 g/mol. The molecule has 8 heteroatoms. The Kier molecular flexibility index (Phi) is 7.82. The molecule has 1 aromatic carbocycles. The maximum atomic E-state index is 12.5. The molecule has 8 nitrogen and oxygen atoms in total. The summed E-state index contributed by atoms with van der Waals surface area (Å²) < 4.78 is 5.60. The van der Waals surface area contributed by atoms with Crippen molar-refractivity contribution in [3.8, 4) is 11.8 Å². The van der Waals surface area contributed by atoms with Crippen LogP contribution in [0.2, 0.25) is 0 Å². The van der Waals surface area contributed by atoms with Crippen LogP contribution in [0.4, 0.5) is 5.82 Å². The average Bonchev–Trinajstić information content (AvgIpc) is 2.83. The van der Waals surface area contributed by atoms with Crippen LogP contribution < -0.4 is 15.0 Å². The van der Waals surface area contributed by atoms with Gasteiger partial charge < -0.3 is 19.9 Å². The molecule has 1 saturated heterocycles. The molecule has 162 valence electrons. The van der Waals surface area contributed by atoms with E-state index in [0.717, 1.165) is 24.4 Å². The molecule has 1 aromatic heterocycles. The Balaban J connectivity index is 1.43. The standard InChI is InChI=1S/C23H27N5O3/c1-2-3-14-31-20-6-4-19(5-7-20)23(30)26-17-22(29)28-12-10-27(11-13-28)21-15-18(16-24)8-9-25-21/h4-9,15H,2-3,10-14,17H2,1H3,(H,26,30). The van der Waals surface area contributed by atoms with Crippen molar-refractivity contribution in [2.75, 3.05) is 44.2 Å². The molecular weight excluding hydrogens is 394 g/mol. The van der Waals surface area contributed by atoms with Gasteiger partial charge in [0.15, 0.2) is 0 Å². The Bertz CT molecular complexity index is 931. The second-order valence-electron chi connectivity index (χ2n) is 7.29. The van der Waals surface area contributed by atoms with Gasteiger partial charge in [0.25, 0.3) is 5.91 Å². The molecule has 1 fully saturated rings. The first kappa shape index (κ1) is 22.1. The summed E-state index contributed by atoms with van der Waals surface area (Å²) in [5, 5.41) is 11.7. The maximum Gasteiger partial charge on any atom is 0.251 e. The number of rotatable bonds is 8. The smallest absolute Gasteiger partial charge is 0.251 e. The van der Waals surface area contributed by atoms with Gasteiger partial charge in [0, 0.05) is 37.9 Å². The predicted molar refractivity (Wildman–Crippen MR) is 117 cm³/mol. The number of carbonyl (C=O) groups is 2. The molecule has 1 aliphatic heterocycles. The number of nitriles is 1. The molecule has 0 spiro atoms. The molecule has 2 aromatic rings. The third-order valence-corrected chi connectivity index (χ3v) is 5.11. The lowest BCUT2D eigenvalue weighted by Crippen LogP contribution is -2.51. The highest BCUT2D eigenvalue weighted by molar-refractivity contribution is 5.96. The minimum Gasteiger partial charge on any atom is -0.494 e. The molecule has 2 amide bonds. The summed E-state index contributed by atoms with van der Waals surface area (Å²) in [6.45, 7) is 5.04. The lowest BCUT2D eigenvalue weighted by molar-refractivity contribution is -0.130. The molecule has 0 aliphatic carbocycles. The van der Waals surface area contributed by atoms with Gasteiger partial charge >= 0.3 is 0 Å². The topological polar surface area (TPSA) is 98.6 Å². The third kappa shape index (κ3) is 6.19. The van der Waals surface area contributed by atoms with E-state index in [2.05, 4.69) is 23.3 Å². The summed E-state index contributed by atoms with van der Waals surface area (Å²) in [4.78, 5) is 32.9. The second-order valence-corrected chi connectivity index (χ2v) is 7.29. The zero-order valence-corrected chi connectivity index (χ0v) is 17.7. The lowest BCUT2D eigenvalue weighted by atomic mass is 10.2. The zero-order valence-electron chi connectivity index (χ0n) is 17.7. The first-order valence-electron chi connectivity index (χ1n) is 10.5. The fourth-order valence-electron chi connectivity index (χ4n) is 3.25. The summed E-state index contributed by atoms with van der Waals surface area (Å²) in [6, 6.07) is 12.4. The van der Waals surface area contributed by atoms with Crippen molar-refractivity contribution in [1.82, 2.24) is 15.2 Å². The van der Waals surface area contributed by atoms with Crippen molar-refractivity contribution in [2.24, 2.45) is 0 Å². The highest BCUT2D eigenvalue weighted by Gasteiger charge is 2.22. The number of hydrogen-bond donors (Lipinski definition) is 1. The van der Waals surface area contributed by atoms with Gasteiger partial charge in [-0.3, -0.25) is 9.59 Å². The van der Waals surface area contributed by atoms with Crippen molar-refractivity contribution in [2.45, 2.75) is 19.8 Å². The summed E-state index contributed by atoms with van der Waals surface area (Å²) in [6.07, 6.45) is 3.67. The normalized spacial score (nSPS) is 13.4. The maximum absolute atomic E-state index is 12.5. The van der Waals surface area contributed by atoms with E-state index in [0.29, 0.717) is 43.9 Å². The molecule has 0 unspecified atom stereocenters. The van der Waals surface area contributed by atoms with E-state index in [1.165, 1.54) is 0 Å². The van der Waals surface area contributed by atoms with Crippen LogP contribution in [-0.2, 0) is 4.79 Å². The van der Waals surface area contributed by atoms with E-state index in [9.17, 15) is 9.59 Å². The highest BCUT2D eigenvalue weighted by atomic mass is 16.5. The highest BCUT2D eigenvalue weighted by Crippen LogP contribution is 2.15. The van der Waals surface area contributed by atoms with Crippen LogP contribution >= 0.6 is 0 Å². The van der Waals surface area contributed by atoms with E-state index in [1.807, 2.05) is 4.90 Å². The van der Waals surface area contributed by atoms with E-state index in [4.69, 9.17) is 10.00 Å². The number of nitrogens with zero attached hydrogens (tertiary/aromatic N) is 4. The molecule has 0 atom stereocenters. The summed E-state index contributed by atoms with van der Waals surface area (Å²) in [5.74, 6) is 1.06. The number of pyridine rings is 1. The molecule has 1 aliphatic rings. The van der Waals surface area contributed by atoms with E-state index in [-0.39, 0.29) is 18.4 Å². The van der Waals surface area contributed by atoms with Gasteiger partial charge in [-0.25, -0.2) is 4.98 Å². The molecule has 31 heavy (non-hydrogen) atoms. The number of benzene rings is 1. The van der Waals surface area contributed by atoms with Crippen molar-refractivity contribution >= 4 is 17.6 Å². The van der Waals surface area contributed by atoms with Gasteiger partial charge in [-0.1, -0.05) is 13.3 Å². The van der Waals surface area contributed by atoms with Crippen LogP contribution in [0.15, 0.2) is 42.6 Å². The van der Waals surface area contributed by atoms with Gasteiger partial charge in [0.05, 0.1) is 24.8 Å². The number of nitrogens with one attached hydrogen (secondary N) is 1. The minimum absolute atomic E-state index is 0.0459.